The number of hydrogen-bond acceptors (Lipinski definition) is 5. The van der Waals surface area contributed by atoms with E-state index >= 15 is 0 Å². The Morgan fingerprint density at radius 3 is 2.68 bits per heavy atom. The molecular weight excluding hydrogens is 365 g/mol. The van der Waals surface area contributed by atoms with Gasteiger partial charge in [-0.05, 0) is 25.1 Å². The largest absolute Gasteiger partial charge is 0.416 e. The van der Waals surface area contributed by atoms with Crippen molar-refractivity contribution in [1.82, 2.24) is 10.6 Å². The molecule has 0 spiro atoms. The molecule has 2 rings (SSSR count). The lowest BCUT2D eigenvalue weighted by atomic mass is 10.1. The maximum Gasteiger partial charge on any atom is 0.416 e. The van der Waals surface area contributed by atoms with Gasteiger partial charge in [0.2, 0.25) is 5.91 Å². The van der Waals surface area contributed by atoms with Crippen LogP contribution in [0.25, 0.3) is 0 Å². The van der Waals surface area contributed by atoms with Crippen molar-refractivity contribution in [3.05, 3.63) is 33.9 Å². The van der Waals surface area contributed by atoms with E-state index in [0.29, 0.717) is 12.6 Å². The molecule has 1 aromatic rings. The summed E-state index contributed by atoms with van der Waals surface area (Å²) in [7, 11) is 0. The Kier molecular flexibility index (Phi) is 7.43. The zero-order valence-electron chi connectivity index (χ0n) is 13.1. The smallest absolute Gasteiger partial charge is 0.379 e. The first-order valence-corrected chi connectivity index (χ1v) is 7.37. The second-order valence-electron chi connectivity index (χ2n) is 5.42. The van der Waals surface area contributed by atoms with E-state index in [1.54, 1.807) is 0 Å². The van der Waals surface area contributed by atoms with Gasteiger partial charge in [-0.1, -0.05) is 0 Å². The van der Waals surface area contributed by atoms with Crippen LogP contribution < -0.4 is 16.0 Å². The van der Waals surface area contributed by atoms with Crippen LogP contribution in [0.15, 0.2) is 18.2 Å². The summed E-state index contributed by atoms with van der Waals surface area (Å²) in [4.78, 5) is 21.8. The highest BCUT2D eigenvalue weighted by molar-refractivity contribution is 5.85. The van der Waals surface area contributed by atoms with Gasteiger partial charge in [-0.25, -0.2) is 0 Å². The van der Waals surface area contributed by atoms with Crippen molar-refractivity contribution in [2.45, 2.75) is 25.1 Å². The summed E-state index contributed by atoms with van der Waals surface area (Å²) < 4.78 is 37.8. The molecule has 1 heterocycles. The Bertz CT molecular complexity index is 622. The minimum atomic E-state index is -4.65. The number of benzene rings is 1. The first-order valence-electron chi connectivity index (χ1n) is 7.37. The molecule has 0 bridgehead atoms. The topological polar surface area (TPSA) is 96.3 Å². The third-order valence-corrected chi connectivity index (χ3v) is 3.61. The van der Waals surface area contributed by atoms with Crippen LogP contribution in [0.2, 0.25) is 0 Å². The summed E-state index contributed by atoms with van der Waals surface area (Å²) >= 11 is 0. The fourth-order valence-electron chi connectivity index (χ4n) is 2.40. The van der Waals surface area contributed by atoms with Gasteiger partial charge in [0.15, 0.2) is 0 Å². The zero-order chi connectivity index (χ0) is 17.7. The van der Waals surface area contributed by atoms with Gasteiger partial charge >= 0.3 is 6.18 Å². The summed E-state index contributed by atoms with van der Waals surface area (Å²) in [5.74, 6) is -0.217. The number of hydrogen-bond donors (Lipinski definition) is 3. The highest BCUT2D eigenvalue weighted by Crippen LogP contribution is 2.34. The van der Waals surface area contributed by atoms with E-state index in [1.807, 2.05) is 0 Å². The Labute approximate surface area is 147 Å². The molecule has 1 amide bonds. The summed E-state index contributed by atoms with van der Waals surface area (Å²) in [5, 5.41) is 19.5. The van der Waals surface area contributed by atoms with Crippen molar-refractivity contribution in [2.24, 2.45) is 0 Å². The third kappa shape index (κ3) is 6.05. The van der Waals surface area contributed by atoms with Crippen LogP contribution in [0.4, 0.5) is 24.5 Å². The number of amides is 1. The predicted molar refractivity (Wildman–Crippen MR) is 87.9 cm³/mol. The average molecular weight is 383 g/mol. The van der Waals surface area contributed by atoms with E-state index in [9.17, 15) is 28.1 Å². The van der Waals surface area contributed by atoms with Gasteiger partial charge in [0, 0.05) is 31.6 Å². The molecular formula is C14H18ClF3N4O3. The Morgan fingerprint density at radius 1 is 1.40 bits per heavy atom. The Morgan fingerprint density at radius 2 is 2.12 bits per heavy atom. The molecule has 140 valence electrons. The fraction of sp³-hybridized carbons (Fsp3) is 0.500. The molecule has 1 saturated heterocycles. The molecule has 1 atom stereocenters. The first-order chi connectivity index (χ1) is 11.3. The van der Waals surface area contributed by atoms with Gasteiger partial charge in [0.05, 0.1) is 10.5 Å². The summed E-state index contributed by atoms with van der Waals surface area (Å²) in [6.45, 7) is 1.61. The third-order valence-electron chi connectivity index (χ3n) is 3.61. The lowest BCUT2D eigenvalue weighted by Gasteiger charge is -2.12. The van der Waals surface area contributed by atoms with E-state index in [1.165, 1.54) is 0 Å². The van der Waals surface area contributed by atoms with Crippen LogP contribution in [-0.4, -0.2) is 36.5 Å². The number of nitro benzene ring substituents is 1. The van der Waals surface area contributed by atoms with Crippen molar-refractivity contribution >= 4 is 29.7 Å². The maximum atomic E-state index is 12.6. The van der Waals surface area contributed by atoms with Crippen molar-refractivity contribution < 1.29 is 22.9 Å². The molecule has 1 aliphatic heterocycles. The van der Waals surface area contributed by atoms with E-state index in [-0.39, 0.29) is 43.0 Å². The summed E-state index contributed by atoms with van der Waals surface area (Å²) in [6.07, 6.45) is -3.75. The molecule has 3 N–H and O–H groups in total. The van der Waals surface area contributed by atoms with Crippen LogP contribution >= 0.6 is 12.4 Å². The number of anilines is 1. The predicted octanol–water partition coefficient (Wildman–Crippen LogP) is 2.32. The number of halogens is 4. The number of alkyl halides is 3. The Balaban J connectivity index is 0.00000312. The van der Waals surface area contributed by atoms with E-state index in [2.05, 4.69) is 16.0 Å². The van der Waals surface area contributed by atoms with E-state index in [0.717, 1.165) is 25.1 Å². The van der Waals surface area contributed by atoms with Crippen LogP contribution in [0.5, 0.6) is 0 Å². The zero-order valence-corrected chi connectivity index (χ0v) is 13.9. The van der Waals surface area contributed by atoms with Gasteiger partial charge in [-0.3, -0.25) is 14.9 Å². The number of carbonyl (C=O) groups is 1. The molecule has 1 aromatic carbocycles. The second kappa shape index (κ2) is 8.86. The van der Waals surface area contributed by atoms with Crippen molar-refractivity contribution in [1.29, 1.82) is 0 Å². The van der Waals surface area contributed by atoms with Gasteiger partial charge in [0.1, 0.15) is 5.69 Å². The van der Waals surface area contributed by atoms with Crippen LogP contribution in [0, 0.1) is 10.1 Å². The number of nitrogens with one attached hydrogen (secondary N) is 3. The normalized spacial score (nSPS) is 16.8. The number of nitro groups is 1. The standard InChI is InChI=1S/C14H17F3N4O3.ClH/c15-14(16,17)9-1-2-11(12(7-9)21(23)24)19-6-4-13(22)20-10-3-5-18-8-10;/h1-2,7,10,18-19H,3-6,8H2,(H,20,22);1H. The molecule has 1 unspecified atom stereocenters. The number of nitrogens with zero attached hydrogens (tertiary/aromatic N) is 1. The molecule has 1 aliphatic rings. The fourth-order valence-corrected chi connectivity index (χ4v) is 2.40. The lowest BCUT2D eigenvalue weighted by Crippen LogP contribution is -2.36. The minimum absolute atomic E-state index is 0. The molecule has 0 aliphatic carbocycles. The molecule has 25 heavy (non-hydrogen) atoms. The van der Waals surface area contributed by atoms with Crippen molar-refractivity contribution in [2.75, 3.05) is 25.0 Å². The SMILES string of the molecule is Cl.O=C(CCNc1ccc(C(F)(F)F)cc1[N+](=O)[O-])NC1CCNC1. The molecule has 0 saturated carbocycles. The van der Waals surface area contributed by atoms with Crippen molar-refractivity contribution in [3.8, 4) is 0 Å². The van der Waals surface area contributed by atoms with E-state index < -0.39 is 22.4 Å². The first kappa shape index (κ1) is 21.0. The number of rotatable bonds is 6. The molecule has 0 radical (unpaired) electrons. The lowest BCUT2D eigenvalue weighted by molar-refractivity contribution is -0.384. The van der Waals surface area contributed by atoms with Crippen LogP contribution in [0.3, 0.4) is 0 Å². The van der Waals surface area contributed by atoms with Gasteiger partial charge in [-0.15, -0.1) is 12.4 Å². The second-order valence-corrected chi connectivity index (χ2v) is 5.42. The van der Waals surface area contributed by atoms with Crippen LogP contribution in [-0.2, 0) is 11.0 Å². The quantitative estimate of drug-likeness (QED) is 0.518. The highest BCUT2D eigenvalue weighted by Gasteiger charge is 2.33. The molecule has 7 nitrogen and oxygen atoms in total. The summed E-state index contributed by atoms with van der Waals surface area (Å²) in [6, 6.07) is 2.31. The highest BCUT2D eigenvalue weighted by atomic mass is 35.5. The van der Waals surface area contributed by atoms with Crippen LogP contribution in [0.1, 0.15) is 18.4 Å². The minimum Gasteiger partial charge on any atom is -0.379 e. The summed E-state index contributed by atoms with van der Waals surface area (Å²) in [5.41, 5.74) is -1.82. The molecule has 0 aromatic heterocycles. The van der Waals surface area contributed by atoms with E-state index in [4.69, 9.17) is 0 Å². The maximum absolute atomic E-state index is 12.6. The number of carbonyl (C=O) groups excluding carboxylic acids is 1. The van der Waals surface area contributed by atoms with Gasteiger partial charge < -0.3 is 16.0 Å². The van der Waals surface area contributed by atoms with Gasteiger partial charge in [-0.2, -0.15) is 13.2 Å². The molecule has 11 heteroatoms. The monoisotopic (exact) mass is 382 g/mol. The van der Waals surface area contributed by atoms with Gasteiger partial charge in [0.25, 0.3) is 5.69 Å². The molecule has 1 fully saturated rings. The Hall–Kier alpha value is -2.07. The van der Waals surface area contributed by atoms with Crippen molar-refractivity contribution in [3.63, 3.8) is 0 Å². The average Bonchev–Trinajstić information content (AvgIpc) is 2.99.